The van der Waals surface area contributed by atoms with E-state index in [1.165, 1.54) is 10.6 Å². The summed E-state index contributed by atoms with van der Waals surface area (Å²) in [6, 6.07) is 6.17. The average molecular weight is 557 g/mol. The lowest BCUT2D eigenvalue weighted by Gasteiger charge is -2.28. The summed E-state index contributed by atoms with van der Waals surface area (Å²) < 4.78 is 50.3. The standard InChI is InChI=1S/C22H27FN6O2.C2HF3O2.CH4/c1-15(2)8-11-28-18-19(25-21(28)27-12-9-24-10-13-27)26(3)22(31)29(20(18)30)14-16-6-4-5-7-17(16)23;3-2(4,5)1(6)7;/h4-8,24H,9-14H2,1-3H3;(H,6,7);1H4. The van der Waals surface area contributed by atoms with E-state index >= 15 is 0 Å². The molecule has 0 amide bonds. The minimum Gasteiger partial charge on any atom is -0.475 e. The highest BCUT2D eigenvalue weighted by Gasteiger charge is 2.38. The summed E-state index contributed by atoms with van der Waals surface area (Å²) in [5.41, 5.74) is 1.13. The predicted octanol–water partition coefficient (Wildman–Crippen LogP) is 2.73. The van der Waals surface area contributed by atoms with Gasteiger partial charge < -0.3 is 19.9 Å². The normalized spacial score (nSPS) is 13.4. The Balaban J connectivity index is 0.000000592. The number of aliphatic carboxylic acids is 1. The molecule has 1 aromatic carbocycles. The van der Waals surface area contributed by atoms with E-state index in [0.717, 1.165) is 36.3 Å². The Kier molecular flexibility index (Phi) is 10.2. The Hall–Kier alpha value is -3.94. The molecule has 0 radical (unpaired) electrons. The third kappa shape index (κ3) is 7.13. The van der Waals surface area contributed by atoms with Gasteiger partial charge in [-0.05, 0) is 19.9 Å². The van der Waals surface area contributed by atoms with Gasteiger partial charge in [0.05, 0.1) is 6.54 Å². The van der Waals surface area contributed by atoms with Crippen LogP contribution >= 0.6 is 0 Å². The molecule has 0 atom stereocenters. The second kappa shape index (κ2) is 12.7. The molecule has 14 heteroatoms. The molecule has 1 aliphatic heterocycles. The number of aromatic nitrogens is 4. The molecule has 3 heterocycles. The molecular weight excluding hydrogens is 524 g/mol. The number of fused-ring (bicyclic) bond motifs is 1. The largest absolute Gasteiger partial charge is 0.490 e. The fourth-order valence-corrected chi connectivity index (χ4v) is 3.85. The van der Waals surface area contributed by atoms with E-state index in [4.69, 9.17) is 14.9 Å². The van der Waals surface area contributed by atoms with Crippen molar-refractivity contribution in [3.63, 3.8) is 0 Å². The maximum atomic E-state index is 14.2. The predicted molar refractivity (Wildman–Crippen MR) is 140 cm³/mol. The summed E-state index contributed by atoms with van der Waals surface area (Å²) in [5, 5.41) is 10.4. The van der Waals surface area contributed by atoms with Crippen molar-refractivity contribution in [3.8, 4) is 0 Å². The number of hydrogen-bond acceptors (Lipinski definition) is 6. The van der Waals surface area contributed by atoms with Crippen LogP contribution in [0, 0.1) is 5.82 Å². The first-order valence-electron chi connectivity index (χ1n) is 11.7. The number of nitrogens with zero attached hydrogens (tertiary/aromatic N) is 5. The first-order chi connectivity index (χ1) is 17.8. The summed E-state index contributed by atoms with van der Waals surface area (Å²) in [6.07, 6.45) is -3.06. The molecule has 39 heavy (non-hydrogen) atoms. The Morgan fingerprint density at radius 1 is 1.13 bits per heavy atom. The number of carboxylic acids is 1. The summed E-state index contributed by atoms with van der Waals surface area (Å²) in [5.74, 6) is -2.53. The Labute approximate surface area is 221 Å². The molecule has 1 fully saturated rings. The van der Waals surface area contributed by atoms with Crippen LogP contribution in [0.3, 0.4) is 0 Å². The molecule has 2 aromatic heterocycles. The summed E-state index contributed by atoms with van der Waals surface area (Å²) in [7, 11) is 1.60. The van der Waals surface area contributed by atoms with E-state index < -0.39 is 29.2 Å². The van der Waals surface area contributed by atoms with Gasteiger partial charge in [-0.15, -0.1) is 0 Å². The van der Waals surface area contributed by atoms with Crippen molar-refractivity contribution in [2.45, 2.75) is 40.5 Å². The van der Waals surface area contributed by atoms with Crippen molar-refractivity contribution < 1.29 is 27.5 Å². The number of nitrogens with one attached hydrogen (secondary N) is 1. The van der Waals surface area contributed by atoms with E-state index in [9.17, 15) is 27.2 Å². The van der Waals surface area contributed by atoms with Crippen molar-refractivity contribution in [2.24, 2.45) is 7.05 Å². The van der Waals surface area contributed by atoms with Crippen LogP contribution in [0.25, 0.3) is 11.2 Å². The lowest BCUT2D eigenvalue weighted by atomic mass is 10.2. The molecule has 1 aliphatic rings. The number of anilines is 1. The first kappa shape index (κ1) is 31.3. The van der Waals surface area contributed by atoms with Gasteiger partial charge in [0.15, 0.2) is 11.2 Å². The van der Waals surface area contributed by atoms with E-state index in [1.54, 1.807) is 25.2 Å². The smallest absolute Gasteiger partial charge is 0.475 e. The molecule has 2 N–H and O–H groups in total. The van der Waals surface area contributed by atoms with Crippen LogP contribution in [0.15, 0.2) is 45.5 Å². The van der Waals surface area contributed by atoms with Gasteiger partial charge in [-0.1, -0.05) is 37.3 Å². The minimum absolute atomic E-state index is 0. The molecule has 10 nitrogen and oxygen atoms in total. The number of halogens is 4. The molecule has 214 valence electrons. The number of piperazine rings is 1. The van der Waals surface area contributed by atoms with Gasteiger partial charge >= 0.3 is 17.8 Å². The van der Waals surface area contributed by atoms with Gasteiger partial charge in [0, 0.05) is 45.3 Å². The Morgan fingerprint density at radius 2 is 1.72 bits per heavy atom. The summed E-state index contributed by atoms with van der Waals surface area (Å²) >= 11 is 0. The van der Waals surface area contributed by atoms with Crippen LogP contribution in [0.4, 0.5) is 23.5 Å². The molecule has 4 rings (SSSR count). The highest BCUT2D eigenvalue weighted by atomic mass is 19.4. The Morgan fingerprint density at radius 3 is 2.26 bits per heavy atom. The van der Waals surface area contributed by atoms with Gasteiger partial charge in [0.2, 0.25) is 5.95 Å². The van der Waals surface area contributed by atoms with Crippen LogP contribution < -0.4 is 21.5 Å². The second-order valence-corrected chi connectivity index (χ2v) is 8.84. The topological polar surface area (TPSA) is 114 Å². The summed E-state index contributed by atoms with van der Waals surface area (Å²) in [6.45, 7) is 7.48. The average Bonchev–Trinajstić information content (AvgIpc) is 3.25. The van der Waals surface area contributed by atoms with E-state index in [-0.39, 0.29) is 14.0 Å². The monoisotopic (exact) mass is 556 g/mol. The maximum Gasteiger partial charge on any atom is 0.490 e. The number of carboxylic acid groups (broad SMARTS) is 1. The lowest BCUT2D eigenvalue weighted by Crippen LogP contribution is -2.44. The van der Waals surface area contributed by atoms with Crippen LogP contribution in [0.2, 0.25) is 0 Å². The zero-order valence-electron chi connectivity index (χ0n) is 21.0. The van der Waals surface area contributed by atoms with Crippen LogP contribution in [-0.4, -0.2) is 62.1 Å². The van der Waals surface area contributed by atoms with E-state index in [0.29, 0.717) is 29.2 Å². The lowest BCUT2D eigenvalue weighted by molar-refractivity contribution is -0.192. The Bertz CT molecular complexity index is 1460. The second-order valence-electron chi connectivity index (χ2n) is 8.84. The number of rotatable bonds is 5. The number of benzene rings is 1. The highest BCUT2D eigenvalue weighted by Crippen LogP contribution is 2.21. The van der Waals surface area contributed by atoms with Crippen LogP contribution in [-0.2, 0) is 24.9 Å². The quantitative estimate of drug-likeness (QED) is 0.367. The molecule has 0 spiro atoms. The zero-order chi connectivity index (χ0) is 28.2. The van der Waals surface area contributed by atoms with Gasteiger partial charge in [0.1, 0.15) is 5.82 Å². The number of aryl methyl sites for hydroxylation is 1. The number of allylic oxidation sites excluding steroid dienone is 2. The van der Waals surface area contributed by atoms with E-state index in [1.807, 2.05) is 24.5 Å². The van der Waals surface area contributed by atoms with Crippen molar-refractivity contribution in [1.29, 1.82) is 0 Å². The molecule has 0 unspecified atom stereocenters. The molecule has 0 bridgehead atoms. The molecular formula is C25H32F4N6O4. The SMILES string of the molecule is C.CC(C)=CCn1c(N2CCNCC2)nc2c1c(=O)n(Cc1ccccc1F)c(=O)n2C.O=C(O)C(F)(F)F. The number of imidazole rings is 1. The maximum absolute atomic E-state index is 14.2. The van der Waals surface area contributed by atoms with Crippen molar-refractivity contribution in [1.82, 2.24) is 24.0 Å². The molecule has 3 aromatic rings. The number of carbonyl (C=O) groups is 1. The highest BCUT2D eigenvalue weighted by molar-refractivity contribution is 5.75. The van der Waals surface area contributed by atoms with Gasteiger partial charge in [-0.2, -0.15) is 18.2 Å². The molecule has 1 saturated heterocycles. The molecule has 0 saturated carbocycles. The third-order valence-electron chi connectivity index (χ3n) is 5.82. The van der Waals surface area contributed by atoms with Gasteiger partial charge in [0.25, 0.3) is 5.56 Å². The van der Waals surface area contributed by atoms with Crippen molar-refractivity contribution in [2.75, 3.05) is 31.1 Å². The van der Waals surface area contributed by atoms with Gasteiger partial charge in [-0.25, -0.2) is 14.0 Å². The van der Waals surface area contributed by atoms with Crippen LogP contribution in [0.5, 0.6) is 0 Å². The third-order valence-corrected chi connectivity index (χ3v) is 5.82. The van der Waals surface area contributed by atoms with Crippen molar-refractivity contribution in [3.05, 3.63) is 68.1 Å². The zero-order valence-corrected chi connectivity index (χ0v) is 21.0. The molecule has 0 aliphatic carbocycles. The summed E-state index contributed by atoms with van der Waals surface area (Å²) in [4.78, 5) is 42.2. The first-order valence-corrected chi connectivity index (χ1v) is 11.7. The van der Waals surface area contributed by atoms with Gasteiger partial charge in [-0.3, -0.25) is 13.9 Å². The fraction of sp³-hybridized carbons (Fsp3) is 0.440. The fourth-order valence-electron chi connectivity index (χ4n) is 3.85. The minimum atomic E-state index is -5.08. The van der Waals surface area contributed by atoms with E-state index in [2.05, 4.69) is 10.2 Å². The van der Waals surface area contributed by atoms with Crippen LogP contribution in [0.1, 0.15) is 26.8 Å². The van der Waals surface area contributed by atoms with Crippen molar-refractivity contribution >= 4 is 23.1 Å². The number of alkyl halides is 3. The number of hydrogen-bond donors (Lipinski definition) is 2.